The fraction of sp³-hybridized carbons (Fsp3) is 0.526. The Morgan fingerprint density at radius 2 is 1.46 bits per heavy atom. The minimum absolute atomic E-state index is 0.542. The second kappa shape index (κ2) is 7.66. The first kappa shape index (κ1) is 17.3. The van der Waals surface area contributed by atoms with Crippen molar-refractivity contribution in [3.05, 3.63) is 35.7 Å². The van der Waals surface area contributed by atoms with Crippen LogP contribution in [-0.4, -0.2) is 41.1 Å². The standard InChI is InChI=1S/C19H25ClN6/c20-16-1-2-18(22-12-16)25-7-3-14(4-8-25)15-5-9-26(10-6-15)19-11-17(21)23-13-24-19/h1-2,11-15H,3-10H2,(H2,21,23,24). The number of nitrogen functional groups attached to an aromatic ring is 1. The number of hydrogen-bond acceptors (Lipinski definition) is 6. The summed E-state index contributed by atoms with van der Waals surface area (Å²) in [4.78, 5) is 17.5. The third-order valence-corrected chi connectivity index (χ3v) is 6.00. The monoisotopic (exact) mass is 372 g/mol. The van der Waals surface area contributed by atoms with E-state index in [9.17, 15) is 0 Å². The molecule has 0 amide bonds. The van der Waals surface area contributed by atoms with Crippen molar-refractivity contribution in [3.8, 4) is 0 Å². The van der Waals surface area contributed by atoms with Gasteiger partial charge in [0.1, 0.15) is 23.8 Å². The van der Waals surface area contributed by atoms with Gasteiger partial charge in [-0.25, -0.2) is 15.0 Å². The number of aromatic nitrogens is 3. The van der Waals surface area contributed by atoms with Crippen LogP contribution in [0.25, 0.3) is 0 Å². The Hall–Kier alpha value is -2.08. The summed E-state index contributed by atoms with van der Waals surface area (Å²) in [5.74, 6) is 4.17. The highest BCUT2D eigenvalue weighted by atomic mass is 35.5. The van der Waals surface area contributed by atoms with Gasteiger partial charge < -0.3 is 15.5 Å². The smallest absolute Gasteiger partial charge is 0.134 e. The van der Waals surface area contributed by atoms with E-state index in [0.717, 1.165) is 49.7 Å². The van der Waals surface area contributed by atoms with Crippen LogP contribution in [0.15, 0.2) is 30.7 Å². The molecule has 0 spiro atoms. The predicted molar refractivity (Wildman–Crippen MR) is 106 cm³/mol. The molecule has 0 unspecified atom stereocenters. The Morgan fingerprint density at radius 3 is 2.00 bits per heavy atom. The number of rotatable bonds is 3. The van der Waals surface area contributed by atoms with Crippen LogP contribution >= 0.6 is 11.6 Å². The molecular weight excluding hydrogens is 348 g/mol. The van der Waals surface area contributed by atoms with Crippen molar-refractivity contribution in [2.45, 2.75) is 25.7 Å². The van der Waals surface area contributed by atoms with Crippen LogP contribution in [0.5, 0.6) is 0 Å². The first-order valence-electron chi connectivity index (χ1n) is 9.38. The van der Waals surface area contributed by atoms with E-state index in [2.05, 4.69) is 24.8 Å². The van der Waals surface area contributed by atoms with Crippen molar-refractivity contribution < 1.29 is 0 Å². The maximum Gasteiger partial charge on any atom is 0.134 e. The highest BCUT2D eigenvalue weighted by molar-refractivity contribution is 6.30. The number of pyridine rings is 1. The van der Waals surface area contributed by atoms with Crippen LogP contribution in [0.3, 0.4) is 0 Å². The number of nitrogens with two attached hydrogens (primary N) is 1. The summed E-state index contributed by atoms with van der Waals surface area (Å²) in [6.07, 6.45) is 8.24. The highest BCUT2D eigenvalue weighted by Crippen LogP contribution is 2.34. The average Bonchev–Trinajstić information content (AvgIpc) is 2.69. The number of hydrogen-bond donors (Lipinski definition) is 1. The van der Waals surface area contributed by atoms with Gasteiger partial charge in [0.15, 0.2) is 0 Å². The quantitative estimate of drug-likeness (QED) is 0.891. The molecule has 138 valence electrons. The first-order chi connectivity index (χ1) is 12.7. The van der Waals surface area contributed by atoms with Gasteiger partial charge in [-0.05, 0) is 49.7 Å². The molecule has 0 aliphatic carbocycles. The van der Waals surface area contributed by atoms with E-state index >= 15 is 0 Å². The second-order valence-electron chi connectivity index (χ2n) is 7.28. The van der Waals surface area contributed by atoms with Gasteiger partial charge in [-0.2, -0.15) is 0 Å². The Morgan fingerprint density at radius 1 is 0.846 bits per heavy atom. The largest absolute Gasteiger partial charge is 0.384 e. The van der Waals surface area contributed by atoms with Crippen LogP contribution in [0.2, 0.25) is 5.02 Å². The lowest BCUT2D eigenvalue weighted by atomic mass is 9.79. The molecular formula is C19H25ClN6. The fourth-order valence-electron chi connectivity index (χ4n) is 4.29. The molecule has 2 saturated heterocycles. The predicted octanol–water partition coefficient (Wildman–Crippen LogP) is 3.24. The van der Waals surface area contributed by atoms with Crippen LogP contribution in [0.1, 0.15) is 25.7 Å². The van der Waals surface area contributed by atoms with Gasteiger partial charge in [0.2, 0.25) is 0 Å². The average molecular weight is 373 g/mol. The summed E-state index contributed by atoms with van der Waals surface area (Å²) >= 11 is 5.94. The fourth-order valence-corrected chi connectivity index (χ4v) is 4.40. The minimum Gasteiger partial charge on any atom is -0.384 e. The first-order valence-corrected chi connectivity index (χ1v) is 9.76. The zero-order chi connectivity index (χ0) is 17.9. The van der Waals surface area contributed by atoms with Gasteiger partial charge in [-0.3, -0.25) is 0 Å². The molecule has 2 fully saturated rings. The molecule has 0 atom stereocenters. The Bertz CT molecular complexity index is 721. The molecule has 0 saturated carbocycles. The normalized spacial score (nSPS) is 19.7. The second-order valence-corrected chi connectivity index (χ2v) is 7.72. The van der Waals surface area contributed by atoms with E-state index in [1.54, 1.807) is 12.5 Å². The maximum atomic E-state index is 5.94. The lowest BCUT2D eigenvalue weighted by molar-refractivity contribution is 0.232. The number of piperidine rings is 2. The van der Waals surface area contributed by atoms with Crippen LogP contribution in [0.4, 0.5) is 17.5 Å². The molecule has 4 heterocycles. The lowest BCUT2D eigenvalue weighted by Gasteiger charge is -2.40. The molecule has 26 heavy (non-hydrogen) atoms. The van der Waals surface area contributed by atoms with Crippen molar-refractivity contribution in [1.29, 1.82) is 0 Å². The summed E-state index contributed by atoms with van der Waals surface area (Å²) in [5, 5.41) is 0.695. The van der Waals surface area contributed by atoms with Crippen molar-refractivity contribution in [3.63, 3.8) is 0 Å². The maximum absolute atomic E-state index is 5.94. The summed E-state index contributed by atoms with van der Waals surface area (Å²) in [6, 6.07) is 5.82. The van der Waals surface area contributed by atoms with Crippen LogP contribution in [0, 0.1) is 11.8 Å². The Balaban J connectivity index is 1.29. The minimum atomic E-state index is 0.542. The molecule has 2 N–H and O–H groups in total. The van der Waals surface area contributed by atoms with E-state index < -0.39 is 0 Å². The van der Waals surface area contributed by atoms with E-state index in [4.69, 9.17) is 17.3 Å². The van der Waals surface area contributed by atoms with E-state index in [1.165, 1.54) is 25.7 Å². The lowest BCUT2D eigenvalue weighted by Crippen LogP contribution is -2.41. The van der Waals surface area contributed by atoms with Crippen LogP contribution < -0.4 is 15.5 Å². The molecule has 2 aliphatic rings. The highest BCUT2D eigenvalue weighted by Gasteiger charge is 2.30. The van der Waals surface area contributed by atoms with Gasteiger partial charge >= 0.3 is 0 Å². The summed E-state index contributed by atoms with van der Waals surface area (Å²) in [7, 11) is 0. The molecule has 7 heteroatoms. The molecule has 2 aromatic heterocycles. The van der Waals surface area contributed by atoms with Crippen LogP contribution in [-0.2, 0) is 0 Å². The van der Waals surface area contributed by atoms with Gasteiger partial charge in [0.05, 0.1) is 5.02 Å². The zero-order valence-electron chi connectivity index (χ0n) is 14.9. The van der Waals surface area contributed by atoms with Gasteiger partial charge in [-0.1, -0.05) is 11.6 Å². The third-order valence-electron chi connectivity index (χ3n) is 5.78. The van der Waals surface area contributed by atoms with Gasteiger partial charge in [0, 0.05) is 38.4 Å². The van der Waals surface area contributed by atoms with Crippen molar-refractivity contribution in [1.82, 2.24) is 15.0 Å². The topological polar surface area (TPSA) is 71.2 Å². The van der Waals surface area contributed by atoms with Crippen molar-refractivity contribution in [2.24, 2.45) is 11.8 Å². The van der Waals surface area contributed by atoms with Gasteiger partial charge in [0.25, 0.3) is 0 Å². The molecule has 0 bridgehead atoms. The zero-order valence-corrected chi connectivity index (χ0v) is 15.6. The molecule has 4 rings (SSSR count). The molecule has 0 aromatic carbocycles. The summed E-state index contributed by atoms with van der Waals surface area (Å²) < 4.78 is 0. The van der Waals surface area contributed by atoms with Crippen molar-refractivity contribution >= 4 is 29.1 Å². The Labute approximate surface area is 159 Å². The number of halogens is 1. The molecule has 2 aliphatic heterocycles. The summed E-state index contributed by atoms with van der Waals surface area (Å²) in [5.41, 5.74) is 5.78. The van der Waals surface area contributed by atoms with E-state index in [-0.39, 0.29) is 0 Å². The number of nitrogens with zero attached hydrogens (tertiary/aromatic N) is 5. The SMILES string of the molecule is Nc1cc(N2CCC(C3CCN(c4ccc(Cl)cn4)CC3)CC2)ncn1. The third kappa shape index (κ3) is 3.85. The van der Waals surface area contributed by atoms with E-state index in [1.807, 2.05) is 18.2 Å². The molecule has 6 nitrogen and oxygen atoms in total. The number of anilines is 3. The van der Waals surface area contributed by atoms with E-state index in [0.29, 0.717) is 10.8 Å². The summed E-state index contributed by atoms with van der Waals surface area (Å²) in [6.45, 7) is 4.28. The van der Waals surface area contributed by atoms with Gasteiger partial charge in [-0.15, -0.1) is 0 Å². The van der Waals surface area contributed by atoms with Crippen molar-refractivity contribution in [2.75, 3.05) is 41.7 Å². The Kier molecular flexibility index (Phi) is 5.11. The molecule has 2 aromatic rings. The molecule has 0 radical (unpaired) electrons.